The fourth-order valence-electron chi connectivity index (χ4n) is 3.51. The number of ether oxygens (including phenoxy) is 2. The number of nitrogens with zero attached hydrogens (tertiary/aromatic N) is 4. The van der Waals surface area contributed by atoms with Crippen LogP contribution in [0.25, 0.3) is 0 Å². The normalized spacial score (nSPS) is 12.8. The Labute approximate surface area is 193 Å². The van der Waals surface area contributed by atoms with Crippen molar-refractivity contribution in [1.82, 2.24) is 25.3 Å². The average molecular weight is 445 g/mol. The Morgan fingerprint density at radius 2 is 2.00 bits per heavy atom. The average Bonchev–Trinajstić information content (AvgIpc) is 3.01. The van der Waals surface area contributed by atoms with Crippen LogP contribution in [-0.4, -0.2) is 74.2 Å². The molecule has 1 aromatic carbocycles. The SMILES string of the molecule is CN=C(NCc1cccc(OCCN(C)CCOC)c1)NC(C)Cc1c(C)nn(C)c1C. The lowest BCUT2D eigenvalue weighted by atomic mass is 10.1. The van der Waals surface area contributed by atoms with Crippen LogP contribution in [0.5, 0.6) is 5.75 Å². The molecule has 0 aliphatic rings. The first-order chi connectivity index (χ1) is 15.3. The van der Waals surface area contributed by atoms with Crippen LogP contribution in [-0.2, 0) is 24.8 Å². The molecule has 0 bridgehead atoms. The number of hydrogen-bond donors (Lipinski definition) is 2. The van der Waals surface area contributed by atoms with E-state index in [1.54, 1.807) is 14.2 Å². The second kappa shape index (κ2) is 13.1. The first kappa shape index (κ1) is 25.7. The molecule has 0 saturated carbocycles. The van der Waals surface area contributed by atoms with Crippen LogP contribution >= 0.6 is 0 Å². The first-order valence-electron chi connectivity index (χ1n) is 11.2. The molecular formula is C24H40N6O2. The van der Waals surface area contributed by atoms with E-state index in [2.05, 4.69) is 65.6 Å². The highest BCUT2D eigenvalue weighted by Gasteiger charge is 2.14. The largest absolute Gasteiger partial charge is 0.492 e. The van der Waals surface area contributed by atoms with Crippen LogP contribution in [0.15, 0.2) is 29.3 Å². The molecule has 0 spiro atoms. The highest BCUT2D eigenvalue weighted by Crippen LogP contribution is 2.15. The summed E-state index contributed by atoms with van der Waals surface area (Å²) in [6, 6.07) is 8.40. The van der Waals surface area contributed by atoms with Gasteiger partial charge in [-0.1, -0.05) is 12.1 Å². The summed E-state index contributed by atoms with van der Waals surface area (Å²) in [5.41, 5.74) is 4.73. The smallest absolute Gasteiger partial charge is 0.191 e. The summed E-state index contributed by atoms with van der Waals surface area (Å²) in [4.78, 5) is 6.57. The molecule has 0 saturated heterocycles. The van der Waals surface area contributed by atoms with E-state index in [-0.39, 0.29) is 6.04 Å². The summed E-state index contributed by atoms with van der Waals surface area (Å²) >= 11 is 0. The second-order valence-corrected chi connectivity index (χ2v) is 8.24. The van der Waals surface area contributed by atoms with Crippen molar-refractivity contribution in [2.45, 2.75) is 39.8 Å². The number of aromatic nitrogens is 2. The van der Waals surface area contributed by atoms with Crippen LogP contribution in [0.4, 0.5) is 0 Å². The highest BCUT2D eigenvalue weighted by molar-refractivity contribution is 5.79. The number of aryl methyl sites for hydroxylation is 2. The van der Waals surface area contributed by atoms with E-state index < -0.39 is 0 Å². The van der Waals surface area contributed by atoms with Gasteiger partial charge in [-0.05, 0) is 57.5 Å². The third kappa shape index (κ3) is 8.16. The van der Waals surface area contributed by atoms with Crippen molar-refractivity contribution in [2.75, 3.05) is 47.5 Å². The van der Waals surface area contributed by atoms with Crippen LogP contribution in [0, 0.1) is 13.8 Å². The maximum Gasteiger partial charge on any atom is 0.191 e. The number of guanidine groups is 1. The zero-order valence-corrected chi connectivity index (χ0v) is 20.7. The maximum atomic E-state index is 5.92. The zero-order chi connectivity index (χ0) is 23.5. The Morgan fingerprint density at radius 3 is 2.66 bits per heavy atom. The first-order valence-corrected chi connectivity index (χ1v) is 11.2. The van der Waals surface area contributed by atoms with Crippen molar-refractivity contribution < 1.29 is 9.47 Å². The van der Waals surface area contributed by atoms with Gasteiger partial charge in [0, 0.05) is 52.6 Å². The number of rotatable bonds is 12. The van der Waals surface area contributed by atoms with Gasteiger partial charge in [-0.25, -0.2) is 0 Å². The number of hydrogen-bond acceptors (Lipinski definition) is 5. The molecule has 32 heavy (non-hydrogen) atoms. The molecule has 0 amide bonds. The maximum absolute atomic E-state index is 5.92. The van der Waals surface area contributed by atoms with Gasteiger partial charge in [0.05, 0.1) is 12.3 Å². The molecule has 0 aliphatic heterocycles. The lowest BCUT2D eigenvalue weighted by Gasteiger charge is -2.19. The molecule has 2 aromatic rings. The van der Waals surface area contributed by atoms with E-state index in [9.17, 15) is 0 Å². The zero-order valence-electron chi connectivity index (χ0n) is 20.7. The van der Waals surface area contributed by atoms with Gasteiger partial charge in [0.2, 0.25) is 0 Å². The molecule has 1 aromatic heterocycles. The minimum atomic E-state index is 0.229. The summed E-state index contributed by atoms with van der Waals surface area (Å²) < 4.78 is 13.0. The van der Waals surface area contributed by atoms with Gasteiger partial charge in [0.1, 0.15) is 12.4 Å². The van der Waals surface area contributed by atoms with E-state index in [1.807, 2.05) is 23.9 Å². The molecule has 0 fully saturated rings. The molecule has 0 radical (unpaired) electrons. The predicted octanol–water partition coefficient (Wildman–Crippen LogP) is 2.29. The molecule has 8 nitrogen and oxygen atoms in total. The minimum Gasteiger partial charge on any atom is -0.492 e. The third-order valence-corrected chi connectivity index (χ3v) is 5.55. The van der Waals surface area contributed by atoms with E-state index >= 15 is 0 Å². The topological polar surface area (TPSA) is 75.9 Å². The quantitative estimate of drug-likeness (QED) is 0.386. The molecule has 0 aliphatic carbocycles. The fraction of sp³-hybridized carbons (Fsp3) is 0.583. The van der Waals surface area contributed by atoms with Gasteiger partial charge in [-0.15, -0.1) is 0 Å². The molecule has 178 valence electrons. The standard InChI is InChI=1S/C24H40N6O2/c1-18(15-23-19(2)28-30(6)20(23)3)27-24(25-4)26-17-21-9-8-10-22(16-21)32-14-12-29(5)11-13-31-7/h8-10,16,18H,11-15,17H2,1-7H3,(H2,25,26,27). The third-order valence-electron chi connectivity index (χ3n) is 5.55. The van der Waals surface area contributed by atoms with Gasteiger partial charge in [-0.2, -0.15) is 5.10 Å². The number of benzene rings is 1. The molecule has 2 rings (SSSR count). The predicted molar refractivity (Wildman–Crippen MR) is 130 cm³/mol. The molecule has 1 atom stereocenters. The van der Waals surface area contributed by atoms with E-state index in [1.165, 1.54) is 11.3 Å². The van der Waals surface area contributed by atoms with Gasteiger partial charge < -0.3 is 25.0 Å². The van der Waals surface area contributed by atoms with Crippen LogP contribution in [0.3, 0.4) is 0 Å². The summed E-state index contributed by atoms with van der Waals surface area (Å²) in [5.74, 6) is 1.66. The summed E-state index contributed by atoms with van der Waals surface area (Å²) in [6.45, 7) is 10.1. The van der Waals surface area contributed by atoms with Gasteiger partial charge in [0.25, 0.3) is 0 Å². The van der Waals surface area contributed by atoms with Crippen molar-refractivity contribution in [3.05, 3.63) is 46.8 Å². The van der Waals surface area contributed by atoms with Crippen LogP contribution in [0.1, 0.15) is 29.4 Å². The Bertz CT molecular complexity index is 864. The van der Waals surface area contributed by atoms with Crippen molar-refractivity contribution >= 4 is 5.96 Å². The van der Waals surface area contributed by atoms with Gasteiger partial charge >= 0.3 is 0 Å². The molecule has 1 heterocycles. The number of aliphatic imine (C=N–C) groups is 1. The van der Waals surface area contributed by atoms with Crippen molar-refractivity contribution in [1.29, 1.82) is 0 Å². The lowest BCUT2D eigenvalue weighted by Crippen LogP contribution is -2.42. The summed E-state index contributed by atoms with van der Waals surface area (Å²) in [7, 11) is 7.57. The number of likely N-dealkylation sites (N-methyl/N-ethyl adjacent to an activating group) is 1. The second-order valence-electron chi connectivity index (χ2n) is 8.24. The van der Waals surface area contributed by atoms with Crippen LogP contribution < -0.4 is 15.4 Å². The molecule has 8 heteroatoms. The Morgan fingerprint density at radius 1 is 1.25 bits per heavy atom. The number of methoxy groups -OCH3 is 1. The fourth-order valence-corrected chi connectivity index (χ4v) is 3.51. The van der Waals surface area contributed by atoms with Crippen molar-refractivity contribution in [2.24, 2.45) is 12.0 Å². The molecule has 2 N–H and O–H groups in total. The van der Waals surface area contributed by atoms with Crippen LogP contribution in [0.2, 0.25) is 0 Å². The van der Waals surface area contributed by atoms with Crippen molar-refractivity contribution in [3.63, 3.8) is 0 Å². The monoisotopic (exact) mass is 444 g/mol. The summed E-state index contributed by atoms with van der Waals surface area (Å²) in [5, 5.41) is 11.4. The van der Waals surface area contributed by atoms with Gasteiger partial charge in [-0.3, -0.25) is 9.67 Å². The van der Waals surface area contributed by atoms with E-state index in [4.69, 9.17) is 9.47 Å². The van der Waals surface area contributed by atoms with E-state index in [0.29, 0.717) is 13.2 Å². The minimum absolute atomic E-state index is 0.229. The summed E-state index contributed by atoms with van der Waals surface area (Å²) in [6.07, 6.45) is 0.897. The Kier molecular flexibility index (Phi) is 10.5. The number of nitrogens with one attached hydrogen (secondary N) is 2. The Hall–Kier alpha value is -2.58. The molecule has 1 unspecified atom stereocenters. The lowest BCUT2D eigenvalue weighted by molar-refractivity contribution is 0.150. The Balaban J connectivity index is 1.81. The van der Waals surface area contributed by atoms with E-state index in [0.717, 1.165) is 49.1 Å². The van der Waals surface area contributed by atoms with Gasteiger partial charge in [0.15, 0.2) is 5.96 Å². The van der Waals surface area contributed by atoms with Crippen molar-refractivity contribution in [3.8, 4) is 5.75 Å². The molecular weight excluding hydrogens is 404 g/mol. The highest BCUT2D eigenvalue weighted by atomic mass is 16.5.